The van der Waals surface area contributed by atoms with E-state index in [4.69, 9.17) is 4.74 Å². The summed E-state index contributed by atoms with van der Waals surface area (Å²) in [6.07, 6.45) is 0.551. The fourth-order valence-electron chi connectivity index (χ4n) is 2.93. The van der Waals surface area contributed by atoms with Crippen molar-refractivity contribution in [3.63, 3.8) is 0 Å². The first-order valence-corrected chi connectivity index (χ1v) is 7.77. The minimum Gasteiger partial charge on any atom is -0.435 e. The van der Waals surface area contributed by atoms with Crippen LogP contribution in [0, 0.1) is 0 Å². The Morgan fingerprint density at radius 2 is 2.08 bits per heavy atom. The molecule has 2 aliphatic heterocycles. The van der Waals surface area contributed by atoms with E-state index in [1.54, 1.807) is 17.0 Å². The molecule has 2 heterocycles. The third-order valence-corrected chi connectivity index (χ3v) is 4.15. The summed E-state index contributed by atoms with van der Waals surface area (Å²) >= 11 is 0. The van der Waals surface area contributed by atoms with E-state index >= 15 is 0 Å². The van der Waals surface area contributed by atoms with Gasteiger partial charge in [-0.3, -0.25) is 9.59 Å². The van der Waals surface area contributed by atoms with E-state index < -0.39 is 12.7 Å². The summed E-state index contributed by atoms with van der Waals surface area (Å²) in [6.45, 7) is -1.66. The Bertz CT molecular complexity index is 609. The fourth-order valence-corrected chi connectivity index (χ4v) is 2.93. The average Bonchev–Trinajstić information content (AvgIpc) is 3.01. The van der Waals surface area contributed by atoms with Gasteiger partial charge in [-0.05, 0) is 24.1 Å². The quantitative estimate of drug-likeness (QED) is 0.901. The molecule has 2 atom stereocenters. The Hall–Kier alpha value is -2.22. The predicted octanol–water partition coefficient (Wildman–Crippen LogP) is 1.47. The number of morpholine rings is 1. The highest BCUT2D eigenvalue weighted by atomic mass is 19.3. The SMILES string of the molecule is O=C1CC[C@H](C(=O)N2CCO[C@@H](c3ccc(OC(F)F)cc3)C2)N1. The van der Waals surface area contributed by atoms with E-state index in [1.807, 2.05) is 0 Å². The lowest BCUT2D eigenvalue weighted by atomic mass is 10.1. The van der Waals surface area contributed by atoms with Crippen LogP contribution in [-0.4, -0.2) is 49.1 Å². The van der Waals surface area contributed by atoms with Crippen molar-refractivity contribution in [2.24, 2.45) is 0 Å². The molecule has 0 aromatic heterocycles. The Morgan fingerprint density at radius 3 is 2.71 bits per heavy atom. The van der Waals surface area contributed by atoms with Gasteiger partial charge in [0.05, 0.1) is 13.2 Å². The maximum atomic E-state index is 12.5. The van der Waals surface area contributed by atoms with E-state index in [0.717, 1.165) is 5.56 Å². The molecule has 3 rings (SSSR count). The molecule has 1 aromatic carbocycles. The second kappa shape index (κ2) is 7.12. The third kappa shape index (κ3) is 3.81. The molecule has 24 heavy (non-hydrogen) atoms. The zero-order chi connectivity index (χ0) is 17.1. The van der Waals surface area contributed by atoms with Gasteiger partial charge in [-0.25, -0.2) is 0 Å². The summed E-state index contributed by atoms with van der Waals surface area (Å²) in [5, 5.41) is 2.67. The Balaban J connectivity index is 1.62. The summed E-state index contributed by atoms with van der Waals surface area (Å²) in [4.78, 5) is 25.4. The number of nitrogens with one attached hydrogen (secondary N) is 1. The van der Waals surface area contributed by atoms with Gasteiger partial charge < -0.3 is 19.7 Å². The van der Waals surface area contributed by atoms with Crippen molar-refractivity contribution in [2.75, 3.05) is 19.7 Å². The van der Waals surface area contributed by atoms with E-state index in [1.165, 1.54) is 12.1 Å². The molecule has 1 N–H and O–H groups in total. The number of hydrogen-bond acceptors (Lipinski definition) is 4. The summed E-state index contributed by atoms with van der Waals surface area (Å²) in [5.41, 5.74) is 0.782. The molecule has 2 aliphatic rings. The topological polar surface area (TPSA) is 67.9 Å². The predicted molar refractivity (Wildman–Crippen MR) is 79.5 cm³/mol. The number of rotatable bonds is 4. The molecule has 0 spiro atoms. The van der Waals surface area contributed by atoms with Gasteiger partial charge in [-0.1, -0.05) is 12.1 Å². The Labute approximate surface area is 137 Å². The summed E-state index contributed by atoms with van der Waals surface area (Å²) < 4.78 is 34.3. The average molecular weight is 340 g/mol. The highest BCUT2D eigenvalue weighted by Gasteiger charge is 2.33. The summed E-state index contributed by atoms with van der Waals surface area (Å²) in [5.74, 6) is -0.134. The minimum atomic E-state index is -2.86. The molecule has 0 saturated carbocycles. The van der Waals surface area contributed by atoms with Gasteiger partial charge in [0, 0.05) is 13.0 Å². The van der Waals surface area contributed by atoms with Crippen molar-refractivity contribution in [3.05, 3.63) is 29.8 Å². The van der Waals surface area contributed by atoms with Gasteiger partial charge in [0.2, 0.25) is 11.8 Å². The monoisotopic (exact) mass is 340 g/mol. The largest absolute Gasteiger partial charge is 0.435 e. The molecule has 2 amide bonds. The van der Waals surface area contributed by atoms with Gasteiger partial charge in [0.1, 0.15) is 17.9 Å². The van der Waals surface area contributed by atoms with Crippen molar-refractivity contribution < 1.29 is 27.8 Å². The molecule has 0 aliphatic carbocycles. The molecule has 1 aromatic rings. The number of ether oxygens (including phenoxy) is 2. The number of amides is 2. The fraction of sp³-hybridized carbons (Fsp3) is 0.500. The second-order valence-corrected chi connectivity index (χ2v) is 5.75. The number of halogens is 2. The molecular weight excluding hydrogens is 322 g/mol. The van der Waals surface area contributed by atoms with Crippen molar-refractivity contribution in [2.45, 2.75) is 31.6 Å². The van der Waals surface area contributed by atoms with Crippen LogP contribution in [0.5, 0.6) is 5.75 Å². The number of carbonyl (C=O) groups is 2. The number of nitrogens with zero attached hydrogens (tertiary/aromatic N) is 1. The van der Waals surface area contributed by atoms with Crippen LogP contribution in [0.4, 0.5) is 8.78 Å². The number of alkyl halides is 2. The molecule has 0 unspecified atom stereocenters. The normalized spacial score (nSPS) is 24.1. The van der Waals surface area contributed by atoms with E-state index in [2.05, 4.69) is 10.1 Å². The molecule has 8 heteroatoms. The highest BCUT2D eigenvalue weighted by Crippen LogP contribution is 2.25. The lowest BCUT2D eigenvalue weighted by Gasteiger charge is -2.34. The van der Waals surface area contributed by atoms with Crippen molar-refractivity contribution >= 4 is 11.8 Å². The molecule has 6 nitrogen and oxygen atoms in total. The molecule has 130 valence electrons. The first-order valence-electron chi connectivity index (χ1n) is 7.77. The van der Waals surface area contributed by atoms with Gasteiger partial charge >= 0.3 is 6.61 Å². The standard InChI is InChI=1S/C16H18F2N2O4/c17-16(18)24-11-3-1-10(2-4-11)13-9-20(7-8-23-13)15(22)12-5-6-14(21)19-12/h1-4,12-13,16H,5-9H2,(H,19,21)/t12-,13-/m1/s1. The zero-order valence-electron chi connectivity index (χ0n) is 12.9. The van der Waals surface area contributed by atoms with Crippen LogP contribution in [0.15, 0.2) is 24.3 Å². The third-order valence-electron chi connectivity index (χ3n) is 4.15. The summed E-state index contributed by atoms with van der Waals surface area (Å²) in [7, 11) is 0. The highest BCUT2D eigenvalue weighted by molar-refractivity contribution is 5.90. The first-order chi connectivity index (χ1) is 11.5. The van der Waals surface area contributed by atoms with Crippen LogP contribution in [0.2, 0.25) is 0 Å². The maximum Gasteiger partial charge on any atom is 0.387 e. The zero-order valence-corrected chi connectivity index (χ0v) is 12.9. The Morgan fingerprint density at radius 1 is 1.33 bits per heavy atom. The van der Waals surface area contributed by atoms with E-state index in [9.17, 15) is 18.4 Å². The lowest BCUT2D eigenvalue weighted by Crippen LogP contribution is -2.49. The van der Waals surface area contributed by atoms with E-state index in [-0.39, 0.29) is 23.7 Å². The van der Waals surface area contributed by atoms with Crippen LogP contribution in [0.1, 0.15) is 24.5 Å². The minimum absolute atomic E-state index is 0.0751. The Kier molecular flexibility index (Phi) is 4.94. The van der Waals surface area contributed by atoms with Crippen LogP contribution in [0.3, 0.4) is 0 Å². The van der Waals surface area contributed by atoms with Crippen LogP contribution < -0.4 is 10.1 Å². The van der Waals surface area contributed by atoms with Crippen molar-refractivity contribution in [3.8, 4) is 5.75 Å². The van der Waals surface area contributed by atoms with Crippen molar-refractivity contribution in [1.29, 1.82) is 0 Å². The first kappa shape index (κ1) is 16.6. The van der Waals surface area contributed by atoms with Crippen LogP contribution in [-0.2, 0) is 14.3 Å². The number of hydrogen-bond donors (Lipinski definition) is 1. The van der Waals surface area contributed by atoms with Crippen molar-refractivity contribution in [1.82, 2.24) is 10.2 Å². The van der Waals surface area contributed by atoms with Gasteiger partial charge in [0.15, 0.2) is 0 Å². The van der Waals surface area contributed by atoms with Crippen LogP contribution >= 0.6 is 0 Å². The molecule has 0 radical (unpaired) electrons. The summed E-state index contributed by atoms with van der Waals surface area (Å²) in [6, 6.07) is 5.73. The maximum absolute atomic E-state index is 12.5. The number of benzene rings is 1. The van der Waals surface area contributed by atoms with Gasteiger partial charge in [-0.15, -0.1) is 0 Å². The van der Waals surface area contributed by atoms with Gasteiger partial charge in [-0.2, -0.15) is 8.78 Å². The smallest absolute Gasteiger partial charge is 0.387 e. The molecular formula is C16H18F2N2O4. The molecule has 2 fully saturated rings. The second-order valence-electron chi connectivity index (χ2n) is 5.75. The van der Waals surface area contributed by atoms with E-state index in [0.29, 0.717) is 32.5 Å². The molecule has 2 saturated heterocycles. The molecule has 0 bridgehead atoms. The lowest BCUT2D eigenvalue weighted by molar-refractivity contribution is -0.141. The number of carbonyl (C=O) groups excluding carboxylic acids is 2. The van der Waals surface area contributed by atoms with Crippen LogP contribution in [0.25, 0.3) is 0 Å². The van der Waals surface area contributed by atoms with Gasteiger partial charge in [0.25, 0.3) is 0 Å².